The maximum Gasteiger partial charge on any atom is 0.142 e. The predicted octanol–water partition coefficient (Wildman–Crippen LogP) is 2.43. The van der Waals surface area contributed by atoms with E-state index in [1.807, 2.05) is 6.92 Å². The zero-order valence-electron chi connectivity index (χ0n) is 9.89. The molecule has 1 aromatic carbocycles. The van der Waals surface area contributed by atoms with Crippen LogP contribution >= 0.6 is 0 Å². The van der Waals surface area contributed by atoms with Crippen LogP contribution in [0.15, 0.2) is 30.6 Å². The number of halogens is 1. The van der Waals surface area contributed by atoms with Crippen molar-refractivity contribution in [1.29, 1.82) is 0 Å². The Balaban J connectivity index is 2.44. The molecule has 1 atom stereocenters. The Morgan fingerprint density at radius 3 is 2.94 bits per heavy atom. The van der Waals surface area contributed by atoms with Gasteiger partial charge in [-0.15, -0.1) is 0 Å². The summed E-state index contributed by atoms with van der Waals surface area (Å²) in [6, 6.07) is 5.00. The molecule has 1 N–H and O–H groups in total. The van der Waals surface area contributed by atoms with Gasteiger partial charge in [-0.05, 0) is 19.4 Å². The zero-order chi connectivity index (χ0) is 12.4. The van der Waals surface area contributed by atoms with Gasteiger partial charge in [-0.1, -0.05) is 18.2 Å². The highest BCUT2D eigenvalue weighted by Gasteiger charge is 2.19. The number of aliphatic hydroxyl groups excluding tert-OH is 1. The number of benzene rings is 1. The average Bonchev–Trinajstić information content (AvgIpc) is 2.80. The van der Waals surface area contributed by atoms with Crippen molar-refractivity contribution in [3.05, 3.63) is 53.4 Å². The highest BCUT2D eigenvalue weighted by molar-refractivity contribution is 5.29. The predicted molar refractivity (Wildman–Crippen MR) is 63.1 cm³/mol. The molecule has 0 aliphatic heterocycles. The van der Waals surface area contributed by atoms with Gasteiger partial charge in [0, 0.05) is 24.5 Å². The molecule has 2 rings (SSSR count). The van der Waals surface area contributed by atoms with Gasteiger partial charge in [0.1, 0.15) is 17.7 Å². The highest BCUT2D eigenvalue weighted by atomic mass is 19.1. The lowest BCUT2D eigenvalue weighted by molar-refractivity contribution is 0.199. The summed E-state index contributed by atoms with van der Waals surface area (Å²) in [6.45, 7) is 4.32. The molecular formula is C13H15FN2O. The minimum Gasteiger partial charge on any atom is -0.380 e. The maximum atomic E-state index is 13.9. The van der Waals surface area contributed by atoms with Gasteiger partial charge in [-0.2, -0.15) is 0 Å². The van der Waals surface area contributed by atoms with Crippen molar-refractivity contribution < 1.29 is 9.50 Å². The summed E-state index contributed by atoms with van der Waals surface area (Å²) in [5.74, 6) is 0.0997. The van der Waals surface area contributed by atoms with Gasteiger partial charge in [-0.25, -0.2) is 9.37 Å². The van der Waals surface area contributed by atoms with Crippen LogP contribution in [0.3, 0.4) is 0 Å². The van der Waals surface area contributed by atoms with E-state index in [1.165, 1.54) is 0 Å². The summed E-state index contributed by atoms with van der Waals surface area (Å²) in [4.78, 5) is 4.08. The van der Waals surface area contributed by atoms with Crippen LogP contribution in [0.2, 0.25) is 0 Å². The largest absolute Gasteiger partial charge is 0.380 e. The molecular weight excluding hydrogens is 219 g/mol. The minimum absolute atomic E-state index is 0.269. The molecule has 90 valence electrons. The third-order valence-corrected chi connectivity index (χ3v) is 2.85. The van der Waals surface area contributed by atoms with E-state index in [-0.39, 0.29) is 11.4 Å². The number of hydrogen-bond donors (Lipinski definition) is 1. The molecule has 17 heavy (non-hydrogen) atoms. The van der Waals surface area contributed by atoms with Crippen molar-refractivity contribution in [2.75, 3.05) is 0 Å². The molecule has 0 spiro atoms. The van der Waals surface area contributed by atoms with E-state index in [2.05, 4.69) is 4.98 Å². The molecule has 0 aliphatic carbocycles. The van der Waals surface area contributed by atoms with Gasteiger partial charge >= 0.3 is 0 Å². The van der Waals surface area contributed by atoms with Gasteiger partial charge in [0.15, 0.2) is 0 Å². The molecule has 4 heteroatoms. The van der Waals surface area contributed by atoms with Crippen LogP contribution in [0.4, 0.5) is 4.39 Å². The normalized spacial score (nSPS) is 12.7. The van der Waals surface area contributed by atoms with Crippen LogP contribution in [0.5, 0.6) is 0 Å². The van der Waals surface area contributed by atoms with Crippen LogP contribution in [-0.4, -0.2) is 14.7 Å². The minimum atomic E-state index is -1.02. The van der Waals surface area contributed by atoms with Crippen LogP contribution in [0.1, 0.15) is 30.0 Å². The van der Waals surface area contributed by atoms with E-state index < -0.39 is 6.10 Å². The molecule has 0 bridgehead atoms. The van der Waals surface area contributed by atoms with Crippen LogP contribution in [-0.2, 0) is 6.54 Å². The van der Waals surface area contributed by atoms with Crippen LogP contribution in [0.25, 0.3) is 0 Å². The fraction of sp³-hybridized carbons (Fsp3) is 0.308. The summed E-state index contributed by atoms with van der Waals surface area (Å²) in [7, 11) is 0. The molecule has 2 aromatic rings. The first-order valence-electron chi connectivity index (χ1n) is 5.59. The van der Waals surface area contributed by atoms with Gasteiger partial charge in [0.25, 0.3) is 0 Å². The first-order chi connectivity index (χ1) is 8.15. The van der Waals surface area contributed by atoms with E-state index >= 15 is 0 Å². The van der Waals surface area contributed by atoms with Crippen LogP contribution < -0.4 is 0 Å². The average molecular weight is 234 g/mol. The Kier molecular flexibility index (Phi) is 3.24. The van der Waals surface area contributed by atoms with Gasteiger partial charge < -0.3 is 9.67 Å². The lowest BCUT2D eigenvalue weighted by Crippen LogP contribution is -2.10. The number of aliphatic hydroxyl groups is 1. The van der Waals surface area contributed by atoms with Crippen molar-refractivity contribution in [2.45, 2.75) is 26.5 Å². The van der Waals surface area contributed by atoms with E-state index in [4.69, 9.17) is 0 Å². The van der Waals surface area contributed by atoms with Gasteiger partial charge in [0.2, 0.25) is 0 Å². The van der Waals surface area contributed by atoms with E-state index in [9.17, 15) is 9.50 Å². The number of rotatable bonds is 3. The summed E-state index contributed by atoms with van der Waals surface area (Å²) in [5, 5.41) is 10.2. The van der Waals surface area contributed by atoms with E-state index in [0.717, 1.165) is 0 Å². The summed E-state index contributed by atoms with van der Waals surface area (Å²) < 4.78 is 15.7. The van der Waals surface area contributed by atoms with Crippen molar-refractivity contribution in [2.24, 2.45) is 0 Å². The first kappa shape index (κ1) is 11.8. The second kappa shape index (κ2) is 4.67. The lowest BCUT2D eigenvalue weighted by Gasteiger charge is -2.14. The van der Waals surface area contributed by atoms with Crippen molar-refractivity contribution in [3.63, 3.8) is 0 Å². The number of hydrogen-bond acceptors (Lipinski definition) is 2. The van der Waals surface area contributed by atoms with Gasteiger partial charge in [0.05, 0.1) is 0 Å². The molecule has 0 saturated carbocycles. The molecule has 0 fully saturated rings. The standard InChI is InChI=1S/C13H15FN2O/c1-3-16-8-7-15-13(16)12(17)10-6-4-5-9(2)11(10)14/h4-8,12,17H,3H2,1-2H3. The highest BCUT2D eigenvalue weighted by Crippen LogP contribution is 2.24. The summed E-state index contributed by atoms with van der Waals surface area (Å²) in [5.41, 5.74) is 0.794. The Morgan fingerprint density at radius 2 is 2.24 bits per heavy atom. The number of imidazole rings is 1. The quantitative estimate of drug-likeness (QED) is 0.885. The SMILES string of the molecule is CCn1ccnc1C(O)c1cccc(C)c1F. The summed E-state index contributed by atoms with van der Waals surface area (Å²) in [6.07, 6.45) is 2.35. The molecule has 0 aliphatic rings. The fourth-order valence-electron chi connectivity index (χ4n) is 1.86. The molecule has 1 heterocycles. The van der Waals surface area contributed by atoms with Crippen LogP contribution in [0, 0.1) is 12.7 Å². The van der Waals surface area contributed by atoms with Crippen molar-refractivity contribution in [3.8, 4) is 0 Å². The first-order valence-corrected chi connectivity index (χ1v) is 5.59. The monoisotopic (exact) mass is 234 g/mol. The second-order valence-electron chi connectivity index (χ2n) is 3.95. The number of nitrogens with zero attached hydrogens (tertiary/aromatic N) is 2. The summed E-state index contributed by atoms with van der Waals surface area (Å²) >= 11 is 0. The van der Waals surface area contributed by atoms with Crippen molar-refractivity contribution in [1.82, 2.24) is 9.55 Å². The van der Waals surface area contributed by atoms with E-state index in [1.54, 1.807) is 42.1 Å². The fourth-order valence-corrected chi connectivity index (χ4v) is 1.86. The Hall–Kier alpha value is -1.68. The van der Waals surface area contributed by atoms with Crippen molar-refractivity contribution >= 4 is 0 Å². The zero-order valence-corrected chi connectivity index (χ0v) is 9.89. The molecule has 3 nitrogen and oxygen atoms in total. The number of aryl methyl sites for hydroxylation is 2. The Labute approximate surface area is 99.5 Å². The molecule has 0 amide bonds. The topological polar surface area (TPSA) is 38.0 Å². The molecule has 0 saturated heterocycles. The molecule has 1 aromatic heterocycles. The van der Waals surface area contributed by atoms with E-state index in [0.29, 0.717) is 17.9 Å². The third-order valence-electron chi connectivity index (χ3n) is 2.85. The second-order valence-corrected chi connectivity index (χ2v) is 3.95. The lowest BCUT2D eigenvalue weighted by atomic mass is 10.1. The third kappa shape index (κ3) is 2.08. The maximum absolute atomic E-state index is 13.9. The van der Waals surface area contributed by atoms with Gasteiger partial charge in [-0.3, -0.25) is 0 Å². The molecule has 0 radical (unpaired) electrons. The Morgan fingerprint density at radius 1 is 1.47 bits per heavy atom. The molecule has 1 unspecified atom stereocenters. The smallest absolute Gasteiger partial charge is 0.142 e. The Bertz CT molecular complexity index is 522. The number of aromatic nitrogens is 2.